The Balaban J connectivity index is 3.49. The quantitative estimate of drug-likeness (QED) is 0.404. The lowest BCUT2D eigenvalue weighted by Crippen LogP contribution is -2.20. The van der Waals surface area contributed by atoms with E-state index in [1.54, 1.807) is 0 Å². The Bertz CT molecular complexity index is 98.7. The molecule has 3 nitrogen and oxygen atoms in total. The fraction of sp³-hybridized carbons (Fsp3) is 1.00. The average Bonchev–Trinajstić information content (AvgIpc) is 2.21. The lowest BCUT2D eigenvalue weighted by molar-refractivity contribution is -0.152. The van der Waals surface area contributed by atoms with Crippen molar-refractivity contribution in [2.75, 3.05) is 26.4 Å². The van der Waals surface area contributed by atoms with Crippen LogP contribution in [0.2, 0.25) is 0 Å². The number of hydrogen-bond donors (Lipinski definition) is 0. The molecule has 86 valence electrons. The predicted octanol–water partition coefficient (Wildman–Crippen LogP) is 2.59. The Hall–Kier alpha value is -0.120. The van der Waals surface area contributed by atoms with Crippen LogP contribution in [0.25, 0.3) is 0 Å². The Morgan fingerprint density at radius 2 is 1.43 bits per heavy atom. The van der Waals surface area contributed by atoms with Gasteiger partial charge in [-0.2, -0.15) is 0 Å². The van der Waals surface area contributed by atoms with Gasteiger partial charge < -0.3 is 14.2 Å². The summed E-state index contributed by atoms with van der Waals surface area (Å²) in [6, 6.07) is 0. The first kappa shape index (κ1) is 13.9. The second-order valence-corrected chi connectivity index (χ2v) is 3.16. The molecule has 0 aromatic rings. The minimum Gasteiger partial charge on any atom is -0.382 e. The van der Waals surface area contributed by atoms with Crippen molar-refractivity contribution in [2.24, 2.45) is 0 Å². The molecule has 0 radical (unpaired) electrons. The van der Waals surface area contributed by atoms with Gasteiger partial charge in [0, 0.05) is 26.2 Å². The van der Waals surface area contributed by atoms with Gasteiger partial charge in [-0.1, -0.05) is 13.8 Å². The molecule has 0 fully saturated rings. The van der Waals surface area contributed by atoms with Crippen LogP contribution in [-0.2, 0) is 14.2 Å². The van der Waals surface area contributed by atoms with Gasteiger partial charge in [-0.05, 0) is 19.8 Å². The molecule has 0 aromatic heterocycles. The summed E-state index contributed by atoms with van der Waals surface area (Å²) in [5.74, 6) is 0. The molecule has 0 aliphatic rings. The molecule has 0 atom stereocenters. The maximum Gasteiger partial charge on any atom is 0.159 e. The Morgan fingerprint density at radius 3 is 1.86 bits per heavy atom. The molecule has 0 N–H and O–H groups in total. The summed E-state index contributed by atoms with van der Waals surface area (Å²) in [5.41, 5.74) is 0. The summed E-state index contributed by atoms with van der Waals surface area (Å²) in [6.45, 7) is 9.19. The number of hydrogen-bond acceptors (Lipinski definition) is 3. The summed E-state index contributed by atoms with van der Waals surface area (Å²) in [6.07, 6.45) is 2.80. The molecule has 0 amide bonds. The SMILES string of the molecule is CCCOC(CCOCC)OCCC. The molecule has 0 rings (SSSR count). The maximum atomic E-state index is 5.54. The molecule has 0 bridgehead atoms. The normalized spacial score (nSPS) is 11.1. The van der Waals surface area contributed by atoms with E-state index in [-0.39, 0.29) is 6.29 Å². The lowest BCUT2D eigenvalue weighted by atomic mass is 10.4. The number of rotatable bonds is 10. The summed E-state index contributed by atoms with van der Waals surface area (Å²) in [5, 5.41) is 0. The third-order valence-electron chi connectivity index (χ3n) is 1.72. The van der Waals surface area contributed by atoms with Crippen LogP contribution in [0.5, 0.6) is 0 Å². The molecule has 0 aromatic carbocycles. The fourth-order valence-electron chi connectivity index (χ4n) is 1.04. The highest BCUT2D eigenvalue weighted by molar-refractivity contribution is 4.45. The minimum atomic E-state index is -0.0820. The zero-order valence-electron chi connectivity index (χ0n) is 9.75. The molecular weight excluding hydrogens is 180 g/mol. The van der Waals surface area contributed by atoms with Gasteiger partial charge in [-0.25, -0.2) is 0 Å². The highest BCUT2D eigenvalue weighted by Crippen LogP contribution is 2.03. The van der Waals surface area contributed by atoms with Crippen molar-refractivity contribution in [1.82, 2.24) is 0 Å². The van der Waals surface area contributed by atoms with Crippen LogP contribution in [0.3, 0.4) is 0 Å². The van der Waals surface area contributed by atoms with E-state index in [9.17, 15) is 0 Å². The maximum absolute atomic E-state index is 5.54. The monoisotopic (exact) mass is 204 g/mol. The Morgan fingerprint density at radius 1 is 0.857 bits per heavy atom. The van der Waals surface area contributed by atoms with Gasteiger partial charge in [0.1, 0.15) is 0 Å². The average molecular weight is 204 g/mol. The molecule has 0 aliphatic carbocycles. The fourth-order valence-corrected chi connectivity index (χ4v) is 1.04. The van der Waals surface area contributed by atoms with Gasteiger partial charge in [0.05, 0.1) is 6.61 Å². The van der Waals surface area contributed by atoms with Crippen molar-refractivity contribution in [1.29, 1.82) is 0 Å². The van der Waals surface area contributed by atoms with E-state index in [0.29, 0.717) is 6.61 Å². The van der Waals surface area contributed by atoms with E-state index in [4.69, 9.17) is 14.2 Å². The van der Waals surface area contributed by atoms with Gasteiger partial charge >= 0.3 is 0 Å². The lowest BCUT2D eigenvalue weighted by Gasteiger charge is -2.17. The van der Waals surface area contributed by atoms with Crippen molar-refractivity contribution >= 4 is 0 Å². The van der Waals surface area contributed by atoms with E-state index >= 15 is 0 Å². The zero-order valence-corrected chi connectivity index (χ0v) is 9.75. The summed E-state index contributed by atoms with van der Waals surface area (Å²) in [7, 11) is 0. The van der Waals surface area contributed by atoms with Crippen LogP contribution in [0.1, 0.15) is 40.0 Å². The topological polar surface area (TPSA) is 27.7 Å². The van der Waals surface area contributed by atoms with Crippen LogP contribution in [0.15, 0.2) is 0 Å². The van der Waals surface area contributed by atoms with Crippen LogP contribution in [-0.4, -0.2) is 32.7 Å². The third-order valence-corrected chi connectivity index (χ3v) is 1.72. The van der Waals surface area contributed by atoms with E-state index in [1.807, 2.05) is 6.92 Å². The molecule has 0 saturated carbocycles. The van der Waals surface area contributed by atoms with Crippen molar-refractivity contribution < 1.29 is 14.2 Å². The highest BCUT2D eigenvalue weighted by Gasteiger charge is 2.07. The van der Waals surface area contributed by atoms with Gasteiger partial charge in [-0.15, -0.1) is 0 Å². The van der Waals surface area contributed by atoms with Crippen molar-refractivity contribution in [3.63, 3.8) is 0 Å². The van der Waals surface area contributed by atoms with Crippen LogP contribution >= 0.6 is 0 Å². The van der Waals surface area contributed by atoms with Crippen LogP contribution in [0.4, 0.5) is 0 Å². The van der Waals surface area contributed by atoms with E-state index in [0.717, 1.165) is 39.1 Å². The smallest absolute Gasteiger partial charge is 0.159 e. The Labute approximate surface area is 87.7 Å². The second kappa shape index (κ2) is 11.0. The summed E-state index contributed by atoms with van der Waals surface area (Å²) < 4.78 is 16.3. The first-order chi connectivity index (χ1) is 6.85. The molecule has 0 spiro atoms. The van der Waals surface area contributed by atoms with Crippen LogP contribution < -0.4 is 0 Å². The van der Waals surface area contributed by atoms with Crippen molar-refractivity contribution in [3.05, 3.63) is 0 Å². The van der Waals surface area contributed by atoms with E-state index < -0.39 is 0 Å². The first-order valence-corrected chi connectivity index (χ1v) is 5.66. The van der Waals surface area contributed by atoms with Gasteiger partial charge in [-0.3, -0.25) is 0 Å². The molecule has 0 unspecified atom stereocenters. The summed E-state index contributed by atoms with van der Waals surface area (Å²) >= 11 is 0. The molecule has 14 heavy (non-hydrogen) atoms. The molecule has 0 aliphatic heterocycles. The standard InChI is InChI=1S/C11H24O3/c1-4-8-13-11(14-9-5-2)7-10-12-6-3/h11H,4-10H2,1-3H3. The van der Waals surface area contributed by atoms with E-state index in [1.165, 1.54) is 0 Å². The largest absolute Gasteiger partial charge is 0.382 e. The van der Waals surface area contributed by atoms with Gasteiger partial charge in [0.25, 0.3) is 0 Å². The third kappa shape index (κ3) is 8.48. The van der Waals surface area contributed by atoms with Crippen molar-refractivity contribution in [3.8, 4) is 0 Å². The highest BCUT2D eigenvalue weighted by atomic mass is 16.7. The van der Waals surface area contributed by atoms with Gasteiger partial charge in [0.15, 0.2) is 6.29 Å². The molecular formula is C11H24O3. The minimum absolute atomic E-state index is 0.0820. The summed E-state index contributed by atoms with van der Waals surface area (Å²) in [4.78, 5) is 0. The van der Waals surface area contributed by atoms with Crippen LogP contribution in [0, 0.1) is 0 Å². The van der Waals surface area contributed by atoms with Gasteiger partial charge in [0.2, 0.25) is 0 Å². The zero-order chi connectivity index (χ0) is 10.6. The number of ether oxygens (including phenoxy) is 3. The molecule has 3 heteroatoms. The van der Waals surface area contributed by atoms with Crippen molar-refractivity contribution in [2.45, 2.75) is 46.3 Å². The molecule has 0 saturated heterocycles. The van der Waals surface area contributed by atoms with E-state index in [2.05, 4.69) is 13.8 Å². The first-order valence-electron chi connectivity index (χ1n) is 5.66. The molecule has 0 heterocycles. The predicted molar refractivity (Wildman–Crippen MR) is 57.4 cm³/mol. The second-order valence-electron chi connectivity index (χ2n) is 3.16. The Kier molecular flexibility index (Phi) is 10.9.